The van der Waals surface area contributed by atoms with Gasteiger partial charge in [-0.3, -0.25) is 0 Å². The zero-order valence-corrected chi connectivity index (χ0v) is 11.9. The fourth-order valence-corrected chi connectivity index (χ4v) is 1.45. The summed E-state index contributed by atoms with van der Waals surface area (Å²) in [5.74, 6) is 0.722. The number of nitrogens with one attached hydrogen (secondary N) is 2. The summed E-state index contributed by atoms with van der Waals surface area (Å²) in [6.45, 7) is 5.15. The van der Waals surface area contributed by atoms with Crippen LogP contribution < -0.4 is 15.4 Å². The molecular formula is C14H22N2O4. The molecule has 0 saturated carbocycles. The molecule has 112 valence electrons. The minimum atomic E-state index is -0.318. The number of aliphatic hydroxyl groups excluding tert-OH is 1. The molecule has 1 rings (SSSR count). The van der Waals surface area contributed by atoms with Gasteiger partial charge in [0.1, 0.15) is 5.75 Å². The monoisotopic (exact) mass is 282 g/mol. The van der Waals surface area contributed by atoms with E-state index in [0.717, 1.165) is 11.3 Å². The Morgan fingerprint density at radius 3 is 2.70 bits per heavy atom. The predicted molar refractivity (Wildman–Crippen MR) is 75.9 cm³/mol. The highest BCUT2D eigenvalue weighted by Gasteiger charge is 2.00. The average molecular weight is 282 g/mol. The van der Waals surface area contributed by atoms with Crippen LogP contribution in [0.3, 0.4) is 0 Å². The number of rotatable bonds is 8. The molecule has 0 heterocycles. The minimum absolute atomic E-state index is 0.0179. The van der Waals surface area contributed by atoms with Gasteiger partial charge in [-0.05, 0) is 37.1 Å². The maximum absolute atomic E-state index is 11.4. The third-order valence-corrected chi connectivity index (χ3v) is 2.72. The van der Waals surface area contributed by atoms with Gasteiger partial charge in [0.05, 0.1) is 19.8 Å². The van der Waals surface area contributed by atoms with Gasteiger partial charge >= 0.3 is 6.03 Å². The normalized spacial score (nSPS) is 10.2. The third-order valence-electron chi connectivity index (χ3n) is 2.72. The number of carbonyl (C=O) groups excluding carboxylic acids is 1. The lowest BCUT2D eigenvalue weighted by molar-refractivity contribution is 0.0945. The van der Waals surface area contributed by atoms with Crippen LogP contribution in [0.15, 0.2) is 18.2 Å². The first-order valence-corrected chi connectivity index (χ1v) is 6.54. The molecule has 0 radical (unpaired) electrons. The molecule has 0 aliphatic rings. The molecule has 0 saturated heterocycles. The van der Waals surface area contributed by atoms with Crippen LogP contribution in [0.25, 0.3) is 0 Å². The summed E-state index contributed by atoms with van der Waals surface area (Å²) in [5.41, 5.74) is 2.35. The quantitative estimate of drug-likeness (QED) is 0.490. The summed E-state index contributed by atoms with van der Waals surface area (Å²) in [7, 11) is 0. The fourth-order valence-electron chi connectivity index (χ4n) is 1.45. The second kappa shape index (κ2) is 9.17. The molecule has 1 aromatic rings. The lowest BCUT2D eigenvalue weighted by Gasteiger charge is -2.10. The van der Waals surface area contributed by atoms with E-state index in [1.807, 2.05) is 32.0 Å². The first-order chi connectivity index (χ1) is 9.63. The zero-order valence-electron chi connectivity index (χ0n) is 11.9. The van der Waals surface area contributed by atoms with Gasteiger partial charge in [-0.1, -0.05) is 6.07 Å². The van der Waals surface area contributed by atoms with Crippen LogP contribution >= 0.6 is 0 Å². The molecule has 0 aliphatic carbocycles. The van der Waals surface area contributed by atoms with Crippen LogP contribution in [0.5, 0.6) is 5.75 Å². The molecule has 0 atom stereocenters. The lowest BCUT2D eigenvalue weighted by Crippen LogP contribution is -2.39. The number of carbonyl (C=O) groups is 1. The van der Waals surface area contributed by atoms with Gasteiger partial charge in [0.15, 0.2) is 6.73 Å². The summed E-state index contributed by atoms with van der Waals surface area (Å²) >= 11 is 0. The molecule has 0 aromatic heterocycles. The highest BCUT2D eigenvalue weighted by molar-refractivity contribution is 5.73. The van der Waals surface area contributed by atoms with Crippen LogP contribution in [0.4, 0.5) is 4.79 Å². The topological polar surface area (TPSA) is 79.8 Å². The summed E-state index contributed by atoms with van der Waals surface area (Å²) in [6.07, 6.45) is 0. The van der Waals surface area contributed by atoms with Crippen molar-refractivity contribution in [1.82, 2.24) is 10.6 Å². The van der Waals surface area contributed by atoms with Crippen molar-refractivity contribution >= 4 is 6.03 Å². The number of benzene rings is 1. The molecule has 0 fully saturated rings. The second-order valence-corrected chi connectivity index (χ2v) is 4.30. The van der Waals surface area contributed by atoms with E-state index in [4.69, 9.17) is 14.6 Å². The molecule has 0 unspecified atom stereocenters. The summed E-state index contributed by atoms with van der Waals surface area (Å²) in [6, 6.07) is 5.45. The van der Waals surface area contributed by atoms with Crippen molar-refractivity contribution in [3.63, 3.8) is 0 Å². The highest BCUT2D eigenvalue weighted by atomic mass is 16.5. The van der Waals surface area contributed by atoms with E-state index in [9.17, 15) is 4.79 Å². The highest BCUT2D eigenvalue weighted by Crippen LogP contribution is 2.15. The molecule has 6 heteroatoms. The SMILES string of the molecule is Cc1ccc(OCNC(=O)NCCOCCO)cc1C. The Labute approximate surface area is 119 Å². The van der Waals surface area contributed by atoms with Crippen molar-refractivity contribution < 1.29 is 19.4 Å². The van der Waals surface area contributed by atoms with E-state index in [2.05, 4.69) is 10.6 Å². The van der Waals surface area contributed by atoms with Gasteiger partial charge in [0, 0.05) is 6.54 Å². The third kappa shape index (κ3) is 6.40. The first-order valence-electron chi connectivity index (χ1n) is 6.54. The molecule has 0 bridgehead atoms. The smallest absolute Gasteiger partial charge is 0.317 e. The van der Waals surface area contributed by atoms with Crippen molar-refractivity contribution in [3.05, 3.63) is 29.3 Å². The van der Waals surface area contributed by atoms with Crippen LogP contribution in [0.2, 0.25) is 0 Å². The number of urea groups is 1. The average Bonchev–Trinajstić information content (AvgIpc) is 2.42. The molecular weight excluding hydrogens is 260 g/mol. The first kappa shape index (κ1) is 16.3. The number of amides is 2. The molecule has 3 N–H and O–H groups in total. The van der Waals surface area contributed by atoms with Crippen LogP contribution in [0.1, 0.15) is 11.1 Å². The van der Waals surface area contributed by atoms with Crippen molar-refractivity contribution in [2.75, 3.05) is 33.1 Å². The van der Waals surface area contributed by atoms with Gasteiger partial charge < -0.3 is 25.2 Å². The van der Waals surface area contributed by atoms with Gasteiger partial charge in [-0.25, -0.2) is 4.79 Å². The Morgan fingerprint density at radius 1 is 1.20 bits per heavy atom. The van der Waals surface area contributed by atoms with E-state index < -0.39 is 0 Å². The maximum atomic E-state index is 11.4. The van der Waals surface area contributed by atoms with Crippen molar-refractivity contribution in [2.24, 2.45) is 0 Å². The molecule has 2 amide bonds. The van der Waals surface area contributed by atoms with Gasteiger partial charge in [-0.2, -0.15) is 0 Å². The van der Waals surface area contributed by atoms with E-state index in [0.29, 0.717) is 13.2 Å². The Balaban J connectivity index is 2.13. The molecule has 0 spiro atoms. The van der Waals surface area contributed by atoms with E-state index in [-0.39, 0.29) is 26.0 Å². The van der Waals surface area contributed by atoms with E-state index in [1.54, 1.807) is 0 Å². The van der Waals surface area contributed by atoms with Crippen LogP contribution in [-0.4, -0.2) is 44.2 Å². The summed E-state index contributed by atoms with van der Waals surface area (Å²) in [5, 5.41) is 13.7. The Bertz CT molecular complexity index is 424. The van der Waals surface area contributed by atoms with Crippen molar-refractivity contribution in [1.29, 1.82) is 0 Å². The van der Waals surface area contributed by atoms with Crippen molar-refractivity contribution in [3.8, 4) is 5.75 Å². The van der Waals surface area contributed by atoms with Gasteiger partial charge in [0.2, 0.25) is 0 Å². The summed E-state index contributed by atoms with van der Waals surface area (Å²) in [4.78, 5) is 11.4. The number of ether oxygens (including phenoxy) is 2. The molecule has 0 aliphatic heterocycles. The second-order valence-electron chi connectivity index (χ2n) is 4.30. The van der Waals surface area contributed by atoms with Crippen LogP contribution in [0, 0.1) is 13.8 Å². The molecule has 1 aromatic carbocycles. The molecule has 6 nitrogen and oxygen atoms in total. The largest absolute Gasteiger partial charge is 0.473 e. The number of aryl methyl sites for hydroxylation is 2. The zero-order chi connectivity index (χ0) is 14.8. The molecule has 20 heavy (non-hydrogen) atoms. The Hall–Kier alpha value is -1.79. The van der Waals surface area contributed by atoms with E-state index >= 15 is 0 Å². The predicted octanol–water partition coefficient (Wildman–Crippen LogP) is 0.948. The fraction of sp³-hybridized carbons (Fsp3) is 0.500. The number of hydrogen-bond donors (Lipinski definition) is 3. The van der Waals surface area contributed by atoms with Gasteiger partial charge in [-0.15, -0.1) is 0 Å². The number of aliphatic hydroxyl groups is 1. The maximum Gasteiger partial charge on any atom is 0.317 e. The number of hydrogen-bond acceptors (Lipinski definition) is 4. The summed E-state index contributed by atoms with van der Waals surface area (Å²) < 4.78 is 10.4. The Morgan fingerprint density at radius 2 is 2.00 bits per heavy atom. The van der Waals surface area contributed by atoms with Crippen molar-refractivity contribution in [2.45, 2.75) is 13.8 Å². The Kier molecular flexibility index (Phi) is 7.46. The minimum Gasteiger partial charge on any atom is -0.473 e. The van der Waals surface area contributed by atoms with Crippen LogP contribution in [-0.2, 0) is 4.74 Å². The van der Waals surface area contributed by atoms with E-state index in [1.165, 1.54) is 5.56 Å². The van der Waals surface area contributed by atoms with Gasteiger partial charge in [0.25, 0.3) is 0 Å². The lowest BCUT2D eigenvalue weighted by atomic mass is 10.1. The standard InChI is InChI=1S/C14H22N2O4/c1-11-3-4-13(9-12(11)2)20-10-16-14(18)15-5-7-19-8-6-17/h3-4,9,17H,5-8,10H2,1-2H3,(H2,15,16,18).